The highest BCUT2D eigenvalue weighted by Crippen LogP contribution is 2.22. The van der Waals surface area contributed by atoms with Crippen LogP contribution in [0.15, 0.2) is 29.6 Å². The van der Waals surface area contributed by atoms with Gasteiger partial charge in [0.2, 0.25) is 10.0 Å². The first kappa shape index (κ1) is 15.7. The van der Waals surface area contributed by atoms with Gasteiger partial charge in [-0.05, 0) is 13.0 Å². The summed E-state index contributed by atoms with van der Waals surface area (Å²) in [5.74, 6) is 0.459. The lowest BCUT2D eigenvalue weighted by Gasteiger charge is -2.09. The van der Waals surface area contributed by atoms with Crippen LogP contribution in [0.3, 0.4) is 0 Å². The summed E-state index contributed by atoms with van der Waals surface area (Å²) < 4.78 is 28.2. The highest BCUT2D eigenvalue weighted by molar-refractivity contribution is 7.89. The van der Waals surface area contributed by atoms with Crippen molar-refractivity contribution in [3.05, 3.63) is 29.7 Å². The smallest absolute Gasteiger partial charge is 0.242 e. The number of sulfonamides is 1. The van der Waals surface area contributed by atoms with Crippen LogP contribution in [0, 0.1) is 0 Å². The maximum absolute atomic E-state index is 12.1. The Morgan fingerprint density at radius 1 is 1.43 bits per heavy atom. The van der Waals surface area contributed by atoms with Gasteiger partial charge in [0.15, 0.2) is 0 Å². The first-order chi connectivity index (χ1) is 10.0. The first-order valence-corrected chi connectivity index (χ1v) is 8.12. The Bertz CT molecular complexity index is 689. The average molecular weight is 331 g/mol. The van der Waals surface area contributed by atoms with Gasteiger partial charge in [-0.3, -0.25) is 4.68 Å². The second-order valence-corrected chi connectivity index (χ2v) is 6.27. The van der Waals surface area contributed by atoms with E-state index >= 15 is 0 Å². The molecule has 0 saturated heterocycles. The molecule has 21 heavy (non-hydrogen) atoms. The van der Waals surface area contributed by atoms with Gasteiger partial charge in [0.05, 0.1) is 17.8 Å². The van der Waals surface area contributed by atoms with Gasteiger partial charge in [-0.15, -0.1) is 5.10 Å². The number of hydrogen-bond donors (Lipinski definition) is 2. The van der Waals surface area contributed by atoms with Crippen molar-refractivity contribution in [2.24, 2.45) is 0 Å². The number of aromatic nitrogens is 4. The van der Waals surface area contributed by atoms with E-state index in [2.05, 4.69) is 25.3 Å². The van der Waals surface area contributed by atoms with Crippen molar-refractivity contribution in [1.82, 2.24) is 24.7 Å². The number of rotatable bonds is 7. The molecule has 0 atom stereocenters. The number of nitrogens with one attached hydrogen (secondary N) is 2. The molecule has 2 heterocycles. The van der Waals surface area contributed by atoms with Crippen LogP contribution in [0.5, 0.6) is 0 Å². The van der Waals surface area contributed by atoms with Gasteiger partial charge >= 0.3 is 0 Å². The lowest BCUT2D eigenvalue weighted by Crippen LogP contribution is -2.27. The molecular formula is C11H15ClN6O2S. The summed E-state index contributed by atoms with van der Waals surface area (Å²) in [5.41, 5.74) is 0. The van der Waals surface area contributed by atoms with Crippen LogP contribution in [-0.4, -0.2) is 41.5 Å². The van der Waals surface area contributed by atoms with Crippen LogP contribution in [-0.2, 0) is 16.6 Å². The lowest BCUT2D eigenvalue weighted by atomic mass is 10.4. The summed E-state index contributed by atoms with van der Waals surface area (Å²) in [6, 6.07) is 1.37. The van der Waals surface area contributed by atoms with Gasteiger partial charge in [-0.2, -0.15) is 0 Å². The number of nitrogens with zero attached hydrogens (tertiary/aromatic N) is 4. The summed E-state index contributed by atoms with van der Waals surface area (Å²) in [5, 5.41) is 10.6. The van der Waals surface area contributed by atoms with E-state index in [9.17, 15) is 8.42 Å². The summed E-state index contributed by atoms with van der Waals surface area (Å²) >= 11 is 5.99. The van der Waals surface area contributed by atoms with Crippen molar-refractivity contribution in [2.75, 3.05) is 18.4 Å². The van der Waals surface area contributed by atoms with Crippen LogP contribution < -0.4 is 10.0 Å². The predicted molar refractivity (Wildman–Crippen MR) is 78.6 cm³/mol. The van der Waals surface area contributed by atoms with Gasteiger partial charge < -0.3 is 5.32 Å². The van der Waals surface area contributed by atoms with Crippen molar-refractivity contribution >= 4 is 27.4 Å². The summed E-state index contributed by atoms with van der Waals surface area (Å²) in [7, 11) is -3.65. The fourth-order valence-electron chi connectivity index (χ4n) is 1.59. The largest absolute Gasteiger partial charge is 0.369 e. The average Bonchev–Trinajstić information content (AvgIpc) is 2.94. The molecule has 0 bridgehead atoms. The molecule has 0 unspecified atom stereocenters. The lowest BCUT2D eigenvalue weighted by molar-refractivity contribution is 0.552. The SMILES string of the molecule is CCNc1ncc(S(=O)(=O)NCCn2ccnn2)cc1Cl. The Morgan fingerprint density at radius 3 is 2.86 bits per heavy atom. The molecule has 0 amide bonds. The third-order valence-corrected chi connectivity index (χ3v) is 4.29. The van der Waals surface area contributed by atoms with Gasteiger partial charge in [0, 0.05) is 25.5 Å². The number of halogens is 1. The maximum Gasteiger partial charge on any atom is 0.242 e. The Labute approximate surface area is 127 Å². The Balaban J connectivity index is 2.03. The fourth-order valence-corrected chi connectivity index (χ4v) is 2.88. The van der Waals surface area contributed by atoms with E-state index in [0.29, 0.717) is 18.9 Å². The monoisotopic (exact) mass is 330 g/mol. The number of anilines is 1. The van der Waals surface area contributed by atoms with E-state index in [-0.39, 0.29) is 16.5 Å². The highest BCUT2D eigenvalue weighted by atomic mass is 35.5. The molecule has 2 aromatic heterocycles. The Hall–Kier alpha value is -1.71. The van der Waals surface area contributed by atoms with Gasteiger partial charge in [-0.25, -0.2) is 18.1 Å². The minimum Gasteiger partial charge on any atom is -0.369 e. The molecule has 0 aliphatic heterocycles. The van der Waals surface area contributed by atoms with Gasteiger partial charge in [0.1, 0.15) is 10.7 Å². The molecule has 114 valence electrons. The molecule has 2 N–H and O–H groups in total. The number of hydrogen-bond acceptors (Lipinski definition) is 6. The molecule has 0 saturated carbocycles. The molecule has 8 nitrogen and oxygen atoms in total. The Kier molecular flexibility index (Phi) is 5.10. The van der Waals surface area contributed by atoms with Crippen molar-refractivity contribution in [3.63, 3.8) is 0 Å². The minimum absolute atomic E-state index is 0.0211. The van der Waals surface area contributed by atoms with E-state index < -0.39 is 10.0 Å². The molecule has 0 fully saturated rings. The fraction of sp³-hybridized carbons (Fsp3) is 0.364. The van der Waals surface area contributed by atoms with Crippen LogP contribution in [0.2, 0.25) is 5.02 Å². The molecule has 0 radical (unpaired) electrons. The van der Waals surface area contributed by atoms with Crippen LogP contribution in [0.25, 0.3) is 0 Å². The van der Waals surface area contributed by atoms with Crippen LogP contribution in [0.1, 0.15) is 6.92 Å². The van der Waals surface area contributed by atoms with Crippen LogP contribution in [0.4, 0.5) is 5.82 Å². The molecule has 0 aliphatic carbocycles. The molecule has 0 spiro atoms. The summed E-state index contributed by atoms with van der Waals surface area (Å²) in [4.78, 5) is 4.02. The topological polar surface area (TPSA) is 102 Å². The molecule has 10 heteroatoms. The summed E-state index contributed by atoms with van der Waals surface area (Å²) in [6.07, 6.45) is 4.44. The molecule has 2 aromatic rings. The van der Waals surface area contributed by atoms with E-state index in [1.54, 1.807) is 6.20 Å². The number of pyridine rings is 1. The van der Waals surface area contributed by atoms with Crippen molar-refractivity contribution in [1.29, 1.82) is 0 Å². The quantitative estimate of drug-likeness (QED) is 0.776. The van der Waals surface area contributed by atoms with Crippen LogP contribution >= 0.6 is 11.6 Å². The van der Waals surface area contributed by atoms with E-state index in [1.165, 1.54) is 23.1 Å². The third kappa shape index (κ3) is 4.13. The van der Waals surface area contributed by atoms with Crippen molar-refractivity contribution in [3.8, 4) is 0 Å². The zero-order chi connectivity index (χ0) is 15.3. The molecule has 2 rings (SSSR count). The first-order valence-electron chi connectivity index (χ1n) is 6.26. The highest BCUT2D eigenvalue weighted by Gasteiger charge is 2.16. The Morgan fingerprint density at radius 2 is 2.24 bits per heavy atom. The summed E-state index contributed by atoms with van der Waals surface area (Å²) in [6.45, 7) is 3.12. The van der Waals surface area contributed by atoms with Gasteiger partial charge in [0.25, 0.3) is 0 Å². The van der Waals surface area contributed by atoms with Crippen molar-refractivity contribution < 1.29 is 8.42 Å². The van der Waals surface area contributed by atoms with Gasteiger partial charge in [-0.1, -0.05) is 16.8 Å². The molecule has 0 aliphatic rings. The van der Waals surface area contributed by atoms with E-state index in [4.69, 9.17) is 11.6 Å². The molecular weight excluding hydrogens is 316 g/mol. The molecule has 0 aromatic carbocycles. The minimum atomic E-state index is -3.65. The standard InChI is InChI=1S/C11H15ClN6O2S/c1-2-13-11-10(12)7-9(8-14-11)21(19,20)16-4-6-18-5-3-15-17-18/h3,5,7-8,16H,2,4,6H2,1H3,(H,13,14). The maximum atomic E-state index is 12.1. The van der Waals surface area contributed by atoms with Crippen molar-refractivity contribution in [2.45, 2.75) is 18.4 Å². The second kappa shape index (κ2) is 6.83. The van der Waals surface area contributed by atoms with E-state index in [0.717, 1.165) is 0 Å². The third-order valence-electron chi connectivity index (χ3n) is 2.58. The predicted octanol–water partition coefficient (Wildman–Crippen LogP) is 0.737. The van der Waals surface area contributed by atoms with E-state index in [1.807, 2.05) is 6.92 Å². The zero-order valence-corrected chi connectivity index (χ0v) is 12.9. The normalized spacial score (nSPS) is 11.5. The zero-order valence-electron chi connectivity index (χ0n) is 11.3. The second-order valence-electron chi connectivity index (χ2n) is 4.10.